The number of aromatic nitrogens is 2. The summed E-state index contributed by atoms with van der Waals surface area (Å²) in [5.41, 5.74) is 2.77. The van der Waals surface area contributed by atoms with Crippen LogP contribution < -0.4 is 0 Å². The number of fused-ring (bicyclic) bond motifs is 5. The first-order chi connectivity index (χ1) is 25.8. The first-order valence-corrected chi connectivity index (χ1v) is 18.9. The average molecular weight is 916 g/mol. The maximum Gasteiger partial charge on any atom is 0.196 e. The average Bonchev–Trinajstić information content (AvgIpc) is 3.52. The molecule has 0 bridgehead atoms. The molecule has 0 amide bonds. The molecule has 55 heavy (non-hydrogen) atoms. The van der Waals surface area contributed by atoms with Crippen LogP contribution in [0.1, 0.15) is 79.7 Å². The second kappa shape index (κ2) is 16.6. The molecule has 0 unspecified atom stereocenters. The van der Waals surface area contributed by atoms with Gasteiger partial charge in [0.05, 0.1) is 5.52 Å². The second-order valence-corrected chi connectivity index (χ2v) is 15.1. The van der Waals surface area contributed by atoms with Crippen LogP contribution in [0.4, 0.5) is 8.78 Å². The minimum atomic E-state index is -2.00. The number of aliphatic hydroxyl groups is 1. The Labute approximate surface area is 336 Å². The van der Waals surface area contributed by atoms with Crippen LogP contribution in [0.15, 0.2) is 121 Å². The molecule has 7 aromatic rings. The number of nitrogens with zero attached hydrogens (tertiary/aromatic N) is 2. The van der Waals surface area contributed by atoms with E-state index in [0.717, 1.165) is 27.8 Å². The summed E-state index contributed by atoms with van der Waals surface area (Å²) in [6, 6.07) is 40.6. The Balaban J connectivity index is 0.000000276. The molecule has 0 aliphatic heterocycles. The number of para-hydroxylation sites is 1. The maximum absolute atomic E-state index is 14.0. The summed E-state index contributed by atoms with van der Waals surface area (Å²) in [4.78, 5) is 16.6. The largest absolute Gasteiger partial charge is 0.509 e. The van der Waals surface area contributed by atoms with Gasteiger partial charge in [0.2, 0.25) is 0 Å². The molecule has 2 aromatic heterocycles. The molecule has 2 heterocycles. The molecule has 0 spiro atoms. The van der Waals surface area contributed by atoms with Gasteiger partial charge < -0.3 is 9.67 Å². The molecule has 0 saturated heterocycles. The zero-order valence-electron chi connectivity index (χ0n) is 32.6. The molecule has 5 aromatic carbocycles. The molecule has 0 aliphatic carbocycles. The van der Waals surface area contributed by atoms with E-state index in [-0.39, 0.29) is 51.2 Å². The summed E-state index contributed by atoms with van der Waals surface area (Å²) < 4.78 is 30.4. The van der Waals surface area contributed by atoms with Crippen molar-refractivity contribution in [3.63, 3.8) is 0 Å². The number of aliphatic hydroxyl groups excluding tert-OH is 1. The van der Waals surface area contributed by atoms with Crippen LogP contribution in [0.5, 0.6) is 0 Å². The third-order valence-corrected chi connectivity index (χ3v) is 10.8. The molecule has 0 fully saturated rings. The van der Waals surface area contributed by atoms with Gasteiger partial charge in [-0.25, -0.2) is 8.78 Å². The first-order valence-electron chi connectivity index (χ1n) is 18.9. The van der Waals surface area contributed by atoms with E-state index in [1.165, 1.54) is 38.0 Å². The predicted octanol–water partition coefficient (Wildman–Crippen LogP) is 13.3. The van der Waals surface area contributed by atoms with E-state index in [1.54, 1.807) is 27.7 Å². The van der Waals surface area contributed by atoms with Crippen molar-refractivity contribution in [2.45, 2.75) is 90.9 Å². The van der Waals surface area contributed by atoms with Crippen molar-refractivity contribution < 1.29 is 38.8 Å². The van der Waals surface area contributed by atoms with Gasteiger partial charge in [0, 0.05) is 60.0 Å². The quantitative estimate of drug-likeness (QED) is 0.0892. The zero-order valence-corrected chi connectivity index (χ0v) is 35.0. The molecule has 0 aliphatic rings. The number of carbonyl (C=O) groups is 1. The Bertz CT molecular complexity index is 2490. The number of allylic oxidation sites excluding steroid dienone is 2. The van der Waals surface area contributed by atoms with Crippen LogP contribution >= 0.6 is 0 Å². The van der Waals surface area contributed by atoms with Gasteiger partial charge in [-0.2, -0.15) is 0 Å². The van der Waals surface area contributed by atoms with Crippen molar-refractivity contribution in [1.82, 2.24) is 9.55 Å². The van der Waals surface area contributed by atoms with Crippen LogP contribution in [0.25, 0.3) is 60.3 Å². The van der Waals surface area contributed by atoms with E-state index >= 15 is 0 Å². The minimum Gasteiger partial charge on any atom is -0.509 e. The van der Waals surface area contributed by atoms with E-state index in [2.05, 4.69) is 135 Å². The molecular weight excluding hydrogens is 867 g/mol. The summed E-state index contributed by atoms with van der Waals surface area (Å²) in [6.45, 7) is 13.1. The van der Waals surface area contributed by atoms with Crippen molar-refractivity contribution in [2.75, 3.05) is 0 Å². The van der Waals surface area contributed by atoms with Crippen LogP contribution in [0, 0.1) is 6.07 Å². The fraction of sp³-hybridized carbons (Fsp3) is 0.292. The van der Waals surface area contributed by atoms with Gasteiger partial charge in [-0.3, -0.25) is 9.78 Å². The second-order valence-electron chi connectivity index (χ2n) is 15.1. The Morgan fingerprint density at radius 2 is 1.33 bits per heavy atom. The van der Waals surface area contributed by atoms with E-state index in [4.69, 9.17) is 4.98 Å². The topological polar surface area (TPSA) is 55.1 Å². The summed E-state index contributed by atoms with van der Waals surface area (Å²) in [5, 5.41) is 16.9. The van der Waals surface area contributed by atoms with E-state index in [0.29, 0.717) is 6.08 Å². The number of hydrogen-bond donors (Lipinski definition) is 1. The molecule has 1 N–H and O–H groups in total. The minimum absolute atomic E-state index is 0. The van der Waals surface area contributed by atoms with Gasteiger partial charge in [0.15, 0.2) is 17.1 Å². The van der Waals surface area contributed by atoms with Crippen molar-refractivity contribution in [3.05, 3.63) is 133 Å². The summed E-state index contributed by atoms with van der Waals surface area (Å²) in [5.74, 6) is -1.53. The van der Waals surface area contributed by atoms with Crippen molar-refractivity contribution >= 4 is 49.1 Å². The number of benzene rings is 5. The van der Waals surface area contributed by atoms with Gasteiger partial charge in [-0.05, 0) is 72.2 Å². The van der Waals surface area contributed by atoms with Crippen LogP contribution in [-0.2, 0) is 30.3 Å². The summed E-state index contributed by atoms with van der Waals surface area (Å²) in [7, 11) is 0. The van der Waals surface area contributed by atoms with Gasteiger partial charge in [0.1, 0.15) is 5.76 Å². The Kier molecular flexibility index (Phi) is 12.5. The third kappa shape index (κ3) is 8.01. The van der Waals surface area contributed by atoms with Crippen LogP contribution in [0.2, 0.25) is 0 Å². The molecule has 7 rings (SSSR count). The molecule has 1 radical (unpaired) electrons. The Morgan fingerprint density at radius 3 is 1.95 bits per heavy atom. The van der Waals surface area contributed by atoms with E-state index < -0.39 is 22.9 Å². The maximum atomic E-state index is 14.0. The van der Waals surface area contributed by atoms with E-state index in [1.807, 2.05) is 6.20 Å². The monoisotopic (exact) mass is 916 g/mol. The molecular formula is C48H49F2IrN2O2-. The Hall–Kier alpha value is -4.71. The number of alkyl halides is 2. The standard InChI is InChI=1S/C35H27N2.C13H22F2O2.Ir/c1-35(2,3)31-21-26(19-25-13-9-10-16-28(25)31)33-34-29(17-18-36-33)30-20-23-11-7-8-12-24(23)22-32(30)37(34)27-14-5-4-6-15-27;1-5-12(14,6-2)10(16)9-11(17)13(15,7-3)8-4;/h4-18,20-22H,1-3H3;9,16H,5-8H2,1-4H3;/q-1;;/b;10-9-;. The zero-order chi connectivity index (χ0) is 38.8. The summed E-state index contributed by atoms with van der Waals surface area (Å²) >= 11 is 0. The van der Waals surface area contributed by atoms with Gasteiger partial charge >= 0.3 is 0 Å². The van der Waals surface area contributed by atoms with E-state index in [9.17, 15) is 18.7 Å². The number of hydrogen-bond acceptors (Lipinski definition) is 3. The number of carbonyl (C=O) groups excluding carboxylic acids is 1. The number of halogens is 2. The fourth-order valence-corrected chi connectivity index (χ4v) is 7.26. The molecule has 287 valence electrons. The number of rotatable bonds is 9. The predicted molar refractivity (Wildman–Crippen MR) is 221 cm³/mol. The fourth-order valence-electron chi connectivity index (χ4n) is 7.26. The normalized spacial score (nSPS) is 12.5. The van der Waals surface area contributed by atoms with Crippen molar-refractivity contribution in [3.8, 4) is 16.9 Å². The number of pyridine rings is 1. The summed E-state index contributed by atoms with van der Waals surface area (Å²) in [6.07, 6.45) is 2.79. The van der Waals surface area contributed by atoms with Gasteiger partial charge in [-0.15, -0.1) is 29.1 Å². The molecule has 0 atom stereocenters. The van der Waals surface area contributed by atoms with Gasteiger partial charge in [0.25, 0.3) is 0 Å². The van der Waals surface area contributed by atoms with Crippen molar-refractivity contribution in [2.24, 2.45) is 0 Å². The Morgan fingerprint density at radius 1 is 0.745 bits per heavy atom. The van der Waals surface area contributed by atoms with Crippen LogP contribution in [-0.4, -0.2) is 31.8 Å². The number of ketones is 1. The molecule has 0 saturated carbocycles. The smallest absolute Gasteiger partial charge is 0.196 e. The third-order valence-electron chi connectivity index (χ3n) is 10.8. The van der Waals surface area contributed by atoms with Crippen LogP contribution in [0.3, 0.4) is 0 Å². The van der Waals surface area contributed by atoms with Crippen molar-refractivity contribution in [1.29, 1.82) is 0 Å². The molecule has 4 nitrogen and oxygen atoms in total. The first kappa shape index (κ1) is 41.5. The molecule has 7 heteroatoms. The SMILES string of the molecule is CC(C)(C)c1cc(-c2nccc3c4cc5ccccc5cc4n(-c4ccccc4)c23)[c-]c2ccccc12.CCC(F)(CC)C(=O)/C=C(\O)C(F)(CC)CC.[Ir]. The van der Waals surface area contributed by atoms with Gasteiger partial charge in [-0.1, -0.05) is 120 Å².